The fourth-order valence-corrected chi connectivity index (χ4v) is 1.94. The third-order valence-corrected chi connectivity index (χ3v) is 3.29. The Kier molecular flexibility index (Phi) is 7.20. The Balaban J connectivity index is 4.35. The lowest BCUT2D eigenvalue weighted by molar-refractivity contribution is 0.0579. The highest BCUT2D eigenvalue weighted by Gasteiger charge is 2.18. The minimum Gasteiger partial charge on any atom is -0.288 e. The van der Waals surface area contributed by atoms with Crippen LogP contribution in [0.1, 0.15) is 54.9 Å². The van der Waals surface area contributed by atoms with Crippen molar-refractivity contribution in [3.05, 3.63) is 0 Å². The predicted molar refractivity (Wildman–Crippen MR) is 69.1 cm³/mol. The molecule has 0 saturated carbocycles. The maximum absolute atomic E-state index is 2.56. The van der Waals surface area contributed by atoms with E-state index in [2.05, 4.69) is 58.3 Å². The first kappa shape index (κ1) is 14.9. The summed E-state index contributed by atoms with van der Waals surface area (Å²) >= 11 is 0. The van der Waals surface area contributed by atoms with Gasteiger partial charge in [-0.1, -0.05) is 13.8 Å². The third-order valence-electron chi connectivity index (χ3n) is 3.29. The summed E-state index contributed by atoms with van der Waals surface area (Å²) in [6.07, 6.45) is 1.23. The Bertz CT molecular complexity index is 147. The van der Waals surface area contributed by atoms with E-state index in [1.165, 1.54) is 6.42 Å². The zero-order valence-corrected chi connectivity index (χ0v) is 11.7. The monoisotopic (exact) mass is 214 g/mol. The SMILES string of the molecule is CCC(C)N(CC)CN(C(C)C)C(C)C. The highest BCUT2D eigenvalue weighted by atomic mass is 15.3. The molecule has 2 heteroatoms. The van der Waals surface area contributed by atoms with Crippen LogP contribution in [-0.2, 0) is 0 Å². The van der Waals surface area contributed by atoms with Crippen LogP contribution in [0.3, 0.4) is 0 Å². The van der Waals surface area contributed by atoms with Crippen LogP contribution in [0.4, 0.5) is 0 Å². The molecule has 0 aliphatic carbocycles. The molecule has 0 saturated heterocycles. The topological polar surface area (TPSA) is 6.48 Å². The number of hydrogen-bond acceptors (Lipinski definition) is 2. The zero-order chi connectivity index (χ0) is 12.0. The summed E-state index contributed by atoms with van der Waals surface area (Å²) in [4.78, 5) is 5.11. The maximum atomic E-state index is 2.56. The van der Waals surface area contributed by atoms with E-state index in [9.17, 15) is 0 Å². The van der Waals surface area contributed by atoms with Crippen LogP contribution in [0, 0.1) is 0 Å². The lowest BCUT2D eigenvalue weighted by atomic mass is 10.2. The Morgan fingerprint density at radius 2 is 1.33 bits per heavy atom. The number of hydrogen-bond donors (Lipinski definition) is 0. The van der Waals surface area contributed by atoms with Crippen LogP contribution in [0.2, 0.25) is 0 Å². The van der Waals surface area contributed by atoms with E-state index in [1.807, 2.05) is 0 Å². The van der Waals surface area contributed by atoms with Gasteiger partial charge in [-0.3, -0.25) is 9.80 Å². The highest BCUT2D eigenvalue weighted by Crippen LogP contribution is 2.10. The second kappa shape index (κ2) is 7.24. The van der Waals surface area contributed by atoms with Crippen molar-refractivity contribution in [2.24, 2.45) is 0 Å². The van der Waals surface area contributed by atoms with Crippen LogP contribution in [0.5, 0.6) is 0 Å². The largest absolute Gasteiger partial charge is 0.288 e. The molecule has 0 aliphatic heterocycles. The molecule has 0 aromatic carbocycles. The van der Waals surface area contributed by atoms with Gasteiger partial charge in [0.1, 0.15) is 0 Å². The Morgan fingerprint density at radius 3 is 1.60 bits per heavy atom. The van der Waals surface area contributed by atoms with Crippen molar-refractivity contribution < 1.29 is 0 Å². The van der Waals surface area contributed by atoms with Crippen molar-refractivity contribution in [1.82, 2.24) is 9.80 Å². The second-order valence-corrected chi connectivity index (χ2v) is 5.01. The summed E-state index contributed by atoms with van der Waals surface area (Å²) in [7, 11) is 0. The highest BCUT2D eigenvalue weighted by molar-refractivity contribution is 4.71. The molecule has 2 nitrogen and oxygen atoms in total. The van der Waals surface area contributed by atoms with E-state index in [0.29, 0.717) is 18.1 Å². The molecule has 1 atom stereocenters. The fourth-order valence-electron chi connectivity index (χ4n) is 1.94. The van der Waals surface area contributed by atoms with E-state index in [0.717, 1.165) is 13.2 Å². The molecule has 92 valence electrons. The van der Waals surface area contributed by atoms with Gasteiger partial charge in [-0.15, -0.1) is 0 Å². The molecule has 0 amide bonds. The van der Waals surface area contributed by atoms with Crippen molar-refractivity contribution in [2.45, 2.75) is 73.0 Å². The van der Waals surface area contributed by atoms with Gasteiger partial charge in [0.05, 0.1) is 6.67 Å². The van der Waals surface area contributed by atoms with Crippen LogP contribution in [0.25, 0.3) is 0 Å². The van der Waals surface area contributed by atoms with Crippen LogP contribution in [0.15, 0.2) is 0 Å². The average Bonchev–Trinajstić information content (AvgIpc) is 2.17. The van der Waals surface area contributed by atoms with Gasteiger partial charge in [-0.05, 0) is 47.6 Å². The van der Waals surface area contributed by atoms with Gasteiger partial charge in [-0.25, -0.2) is 0 Å². The normalized spacial score (nSPS) is 14.6. The first-order valence-corrected chi connectivity index (χ1v) is 6.43. The lowest BCUT2D eigenvalue weighted by Crippen LogP contribution is -2.47. The van der Waals surface area contributed by atoms with Gasteiger partial charge >= 0.3 is 0 Å². The number of nitrogens with zero attached hydrogens (tertiary/aromatic N) is 2. The summed E-state index contributed by atoms with van der Waals surface area (Å²) in [6.45, 7) is 18.2. The first-order valence-electron chi connectivity index (χ1n) is 6.43. The van der Waals surface area contributed by atoms with Gasteiger partial charge in [-0.2, -0.15) is 0 Å². The molecule has 0 N–H and O–H groups in total. The molecular weight excluding hydrogens is 184 g/mol. The summed E-state index contributed by atoms with van der Waals surface area (Å²) in [5.41, 5.74) is 0. The molecule has 0 fully saturated rings. The Hall–Kier alpha value is -0.0800. The molecule has 0 aromatic heterocycles. The van der Waals surface area contributed by atoms with E-state index >= 15 is 0 Å². The van der Waals surface area contributed by atoms with E-state index in [4.69, 9.17) is 0 Å². The molecule has 0 spiro atoms. The predicted octanol–water partition coefficient (Wildman–Crippen LogP) is 3.18. The van der Waals surface area contributed by atoms with Crippen LogP contribution in [-0.4, -0.2) is 41.1 Å². The Morgan fingerprint density at radius 1 is 0.867 bits per heavy atom. The maximum Gasteiger partial charge on any atom is 0.0513 e. The van der Waals surface area contributed by atoms with Crippen molar-refractivity contribution in [3.8, 4) is 0 Å². The summed E-state index contributed by atoms with van der Waals surface area (Å²) < 4.78 is 0. The van der Waals surface area contributed by atoms with Crippen LogP contribution < -0.4 is 0 Å². The zero-order valence-electron chi connectivity index (χ0n) is 11.7. The van der Waals surface area contributed by atoms with Gasteiger partial charge < -0.3 is 0 Å². The van der Waals surface area contributed by atoms with Gasteiger partial charge in [0.15, 0.2) is 0 Å². The quantitative estimate of drug-likeness (QED) is 0.601. The molecule has 0 aliphatic rings. The van der Waals surface area contributed by atoms with Crippen molar-refractivity contribution in [3.63, 3.8) is 0 Å². The third kappa shape index (κ3) is 4.98. The fraction of sp³-hybridized carbons (Fsp3) is 1.00. The van der Waals surface area contributed by atoms with E-state index < -0.39 is 0 Å². The lowest BCUT2D eigenvalue weighted by Gasteiger charge is -2.38. The molecule has 0 bridgehead atoms. The average molecular weight is 214 g/mol. The molecule has 0 radical (unpaired) electrons. The smallest absolute Gasteiger partial charge is 0.0513 e. The van der Waals surface area contributed by atoms with Crippen molar-refractivity contribution >= 4 is 0 Å². The van der Waals surface area contributed by atoms with E-state index in [1.54, 1.807) is 0 Å². The first-order chi connectivity index (χ1) is 6.93. The van der Waals surface area contributed by atoms with Crippen molar-refractivity contribution in [1.29, 1.82) is 0 Å². The van der Waals surface area contributed by atoms with Gasteiger partial charge in [0.25, 0.3) is 0 Å². The number of rotatable bonds is 7. The molecular formula is C13H30N2. The molecule has 0 aromatic rings. The van der Waals surface area contributed by atoms with Gasteiger partial charge in [0.2, 0.25) is 0 Å². The minimum absolute atomic E-state index is 0.628. The summed E-state index contributed by atoms with van der Waals surface area (Å²) in [5, 5.41) is 0. The molecule has 15 heavy (non-hydrogen) atoms. The molecule has 0 heterocycles. The van der Waals surface area contributed by atoms with Crippen molar-refractivity contribution in [2.75, 3.05) is 13.2 Å². The molecule has 1 unspecified atom stereocenters. The van der Waals surface area contributed by atoms with Gasteiger partial charge in [0, 0.05) is 18.1 Å². The Labute approximate surface area is 96.6 Å². The standard InChI is InChI=1S/C13H30N2/c1-8-13(7)14(9-2)10-15(11(3)4)12(5)6/h11-13H,8-10H2,1-7H3. The minimum atomic E-state index is 0.628. The summed E-state index contributed by atoms with van der Waals surface area (Å²) in [5.74, 6) is 0. The van der Waals surface area contributed by atoms with E-state index in [-0.39, 0.29) is 0 Å². The second-order valence-electron chi connectivity index (χ2n) is 5.01. The molecule has 0 rings (SSSR count). The van der Waals surface area contributed by atoms with Crippen LogP contribution >= 0.6 is 0 Å². The summed E-state index contributed by atoms with van der Waals surface area (Å²) in [6, 6.07) is 1.95.